The van der Waals surface area contributed by atoms with Crippen molar-refractivity contribution in [3.05, 3.63) is 29.3 Å². The van der Waals surface area contributed by atoms with Crippen molar-refractivity contribution in [1.29, 1.82) is 0 Å². The Morgan fingerprint density at radius 3 is 2.62 bits per heavy atom. The van der Waals surface area contributed by atoms with Crippen LogP contribution < -0.4 is 4.74 Å². The fourth-order valence-electron chi connectivity index (χ4n) is 1.54. The zero-order valence-corrected chi connectivity index (χ0v) is 10.4. The molecule has 6 heteroatoms. The van der Waals surface area contributed by atoms with Gasteiger partial charge >= 0.3 is 5.97 Å². The summed E-state index contributed by atoms with van der Waals surface area (Å²) in [6, 6.07) is 4.91. The lowest BCUT2D eigenvalue weighted by molar-refractivity contribution is 0.0393. The molecule has 3 nitrogen and oxygen atoms in total. The lowest BCUT2D eigenvalue weighted by Crippen LogP contribution is -2.16. The number of methoxy groups -OCH3 is 1. The van der Waals surface area contributed by atoms with Gasteiger partial charge in [-0.1, -0.05) is 40.9 Å². The molecule has 1 aliphatic rings. The molecule has 0 radical (unpaired) electrons. The molecule has 1 aromatic rings. The van der Waals surface area contributed by atoms with Crippen LogP contribution in [-0.4, -0.2) is 16.9 Å². The van der Waals surface area contributed by atoms with Crippen LogP contribution in [-0.2, 0) is 4.74 Å². The monoisotopic (exact) mass is 280 g/mol. The summed E-state index contributed by atoms with van der Waals surface area (Å²) in [7, 11) is 1.51. The third-order valence-corrected chi connectivity index (χ3v) is 2.88. The molecule has 0 bridgehead atoms. The van der Waals surface area contributed by atoms with Gasteiger partial charge in [-0.25, -0.2) is 4.79 Å². The van der Waals surface area contributed by atoms with E-state index in [1.54, 1.807) is 18.2 Å². The van der Waals surface area contributed by atoms with Crippen LogP contribution in [0.1, 0.15) is 22.0 Å². The highest BCUT2D eigenvalue weighted by molar-refractivity contribution is 6.68. The first-order chi connectivity index (χ1) is 7.43. The molecule has 0 saturated carbocycles. The maximum Gasteiger partial charge on any atom is 0.339 e. The highest BCUT2D eigenvalue weighted by Crippen LogP contribution is 2.47. The van der Waals surface area contributed by atoms with E-state index in [1.165, 1.54) is 7.11 Å². The maximum absolute atomic E-state index is 11.5. The summed E-state index contributed by atoms with van der Waals surface area (Å²) in [5, 5.41) is 0. The summed E-state index contributed by atoms with van der Waals surface area (Å²) >= 11 is 17.2. The number of fused-ring (bicyclic) bond motifs is 1. The lowest BCUT2D eigenvalue weighted by atomic mass is 10.1. The number of carbonyl (C=O) groups is 1. The van der Waals surface area contributed by atoms with Crippen LogP contribution >= 0.6 is 34.8 Å². The molecule has 0 N–H and O–H groups in total. The molecule has 1 aromatic carbocycles. The molecule has 0 saturated heterocycles. The van der Waals surface area contributed by atoms with E-state index in [2.05, 4.69) is 0 Å². The van der Waals surface area contributed by atoms with Crippen LogP contribution in [0.3, 0.4) is 0 Å². The number of cyclic esters (lactones) is 1. The van der Waals surface area contributed by atoms with Crippen molar-refractivity contribution in [2.24, 2.45) is 0 Å². The van der Waals surface area contributed by atoms with E-state index >= 15 is 0 Å². The van der Waals surface area contributed by atoms with Crippen LogP contribution in [0, 0.1) is 0 Å². The molecule has 1 aliphatic heterocycles. The number of carbonyl (C=O) groups excluding carboxylic acids is 1. The number of ether oxygens (including phenoxy) is 2. The van der Waals surface area contributed by atoms with Gasteiger partial charge in [0.2, 0.25) is 3.79 Å². The van der Waals surface area contributed by atoms with Crippen LogP contribution in [0.5, 0.6) is 5.75 Å². The second-order valence-corrected chi connectivity index (χ2v) is 5.65. The van der Waals surface area contributed by atoms with E-state index in [-0.39, 0.29) is 0 Å². The van der Waals surface area contributed by atoms with Gasteiger partial charge in [0, 0.05) is 5.56 Å². The number of halogens is 3. The average Bonchev–Trinajstić information content (AvgIpc) is 2.55. The summed E-state index contributed by atoms with van der Waals surface area (Å²) in [5.41, 5.74) is 0.932. The highest BCUT2D eigenvalue weighted by atomic mass is 35.6. The minimum atomic E-state index is -1.67. The molecule has 0 spiro atoms. The molecule has 0 aromatic heterocycles. The number of rotatable bonds is 1. The smallest absolute Gasteiger partial charge is 0.339 e. The van der Waals surface area contributed by atoms with Gasteiger partial charge in [0.1, 0.15) is 5.75 Å². The number of hydrogen-bond acceptors (Lipinski definition) is 3. The van der Waals surface area contributed by atoms with E-state index in [0.717, 1.165) is 0 Å². The van der Waals surface area contributed by atoms with Gasteiger partial charge in [-0.2, -0.15) is 0 Å². The Morgan fingerprint density at radius 1 is 1.38 bits per heavy atom. The van der Waals surface area contributed by atoms with Crippen molar-refractivity contribution in [1.82, 2.24) is 0 Å². The molecule has 16 heavy (non-hydrogen) atoms. The first-order valence-electron chi connectivity index (χ1n) is 4.39. The van der Waals surface area contributed by atoms with E-state index in [1.807, 2.05) is 0 Å². The van der Waals surface area contributed by atoms with E-state index < -0.39 is 15.9 Å². The molecular weight excluding hydrogens is 274 g/mol. The summed E-state index contributed by atoms with van der Waals surface area (Å²) in [4.78, 5) is 11.5. The summed E-state index contributed by atoms with van der Waals surface area (Å²) < 4.78 is 8.34. The minimum absolute atomic E-state index is 0.371. The van der Waals surface area contributed by atoms with Crippen molar-refractivity contribution in [3.8, 4) is 5.75 Å². The zero-order valence-electron chi connectivity index (χ0n) is 8.17. The molecule has 0 unspecified atom stereocenters. The molecule has 0 aliphatic carbocycles. The first kappa shape index (κ1) is 11.8. The van der Waals surface area contributed by atoms with Crippen LogP contribution in [0.15, 0.2) is 18.2 Å². The predicted octanol–water partition coefficient (Wildman–Crippen LogP) is 3.28. The van der Waals surface area contributed by atoms with Crippen molar-refractivity contribution >= 4 is 40.8 Å². The predicted molar refractivity (Wildman–Crippen MR) is 61.4 cm³/mol. The van der Waals surface area contributed by atoms with Gasteiger partial charge in [-0.15, -0.1) is 0 Å². The van der Waals surface area contributed by atoms with Crippen LogP contribution in [0.25, 0.3) is 0 Å². The van der Waals surface area contributed by atoms with Crippen molar-refractivity contribution in [3.63, 3.8) is 0 Å². The van der Waals surface area contributed by atoms with Crippen LogP contribution in [0.2, 0.25) is 0 Å². The molecule has 2 rings (SSSR count). The summed E-state index contributed by atoms with van der Waals surface area (Å²) in [5.74, 6) is 0.0471. The Balaban J connectivity index is 2.48. The molecule has 1 heterocycles. The van der Waals surface area contributed by atoms with E-state index in [0.29, 0.717) is 16.9 Å². The summed E-state index contributed by atoms with van der Waals surface area (Å²) in [6.07, 6.45) is -0.870. The zero-order chi connectivity index (χ0) is 11.9. The van der Waals surface area contributed by atoms with Gasteiger partial charge in [0.25, 0.3) is 0 Å². The van der Waals surface area contributed by atoms with Crippen molar-refractivity contribution < 1.29 is 14.3 Å². The van der Waals surface area contributed by atoms with Gasteiger partial charge in [0.05, 0.1) is 12.7 Å². The van der Waals surface area contributed by atoms with Gasteiger partial charge in [-0.05, 0) is 12.1 Å². The highest BCUT2D eigenvalue weighted by Gasteiger charge is 2.44. The van der Waals surface area contributed by atoms with Crippen LogP contribution in [0.4, 0.5) is 0 Å². The second-order valence-electron chi connectivity index (χ2n) is 3.28. The summed E-state index contributed by atoms with van der Waals surface area (Å²) in [6.45, 7) is 0. The Kier molecular flexibility index (Phi) is 2.95. The average molecular weight is 282 g/mol. The molecule has 1 atom stereocenters. The Bertz CT molecular complexity index is 439. The normalized spacial score (nSPS) is 19.2. The quantitative estimate of drug-likeness (QED) is 0.585. The van der Waals surface area contributed by atoms with Gasteiger partial charge < -0.3 is 9.47 Å². The minimum Gasteiger partial charge on any atom is -0.497 e. The molecule has 86 valence electrons. The Morgan fingerprint density at radius 2 is 2.06 bits per heavy atom. The van der Waals surface area contributed by atoms with E-state index in [9.17, 15) is 4.79 Å². The Labute approximate surface area is 107 Å². The second kappa shape index (κ2) is 3.99. The molecular formula is C10H7Cl3O3. The standard InChI is InChI=1S/C10H7Cl3O3/c1-15-5-2-3-6-7(4-5)9(14)16-8(6)10(11,12)13/h2-4,8H,1H3/t8-/m1/s1. The molecule has 0 amide bonds. The largest absolute Gasteiger partial charge is 0.497 e. The number of hydrogen-bond donors (Lipinski definition) is 0. The lowest BCUT2D eigenvalue weighted by Gasteiger charge is -2.18. The third kappa shape index (κ3) is 1.95. The van der Waals surface area contributed by atoms with E-state index in [4.69, 9.17) is 44.3 Å². The third-order valence-electron chi connectivity index (χ3n) is 2.29. The first-order valence-corrected chi connectivity index (χ1v) is 5.52. The van der Waals surface area contributed by atoms with Crippen molar-refractivity contribution in [2.75, 3.05) is 7.11 Å². The fraction of sp³-hybridized carbons (Fsp3) is 0.300. The maximum atomic E-state index is 11.5. The SMILES string of the molecule is COc1ccc2c(c1)C(=O)O[C@H]2C(Cl)(Cl)Cl. The number of esters is 1. The topological polar surface area (TPSA) is 35.5 Å². The van der Waals surface area contributed by atoms with Crippen molar-refractivity contribution in [2.45, 2.75) is 9.90 Å². The van der Waals surface area contributed by atoms with Gasteiger partial charge in [0.15, 0.2) is 6.10 Å². The molecule has 0 fully saturated rings. The van der Waals surface area contributed by atoms with Gasteiger partial charge in [-0.3, -0.25) is 0 Å². The number of alkyl halides is 3. The fourth-order valence-corrected chi connectivity index (χ4v) is 2.03. The Hall–Kier alpha value is -0.640. The number of benzene rings is 1.